The fraction of sp³-hybridized carbons (Fsp3) is 0.200. The van der Waals surface area contributed by atoms with Gasteiger partial charge in [-0.25, -0.2) is 4.98 Å². The standard InChI is InChI=1S/C20H17N5O3/c1-24-9-7-20(28,19(24)27)6-5-13-3-2-4-14(11-13)18-23-16(17(21)26)15-12-22-8-10-25(15)18/h2-4,8,10-12,28H,7,9H2,1H3,(H2,21,26)/t20-/m0/s1. The molecule has 1 atom stereocenters. The van der Waals surface area contributed by atoms with E-state index >= 15 is 0 Å². The van der Waals surface area contributed by atoms with E-state index in [4.69, 9.17) is 5.73 Å². The number of aliphatic hydroxyl groups is 1. The maximum absolute atomic E-state index is 12.1. The lowest BCUT2D eigenvalue weighted by Gasteiger charge is -2.13. The number of amides is 2. The van der Waals surface area contributed by atoms with Crippen molar-refractivity contribution in [3.8, 4) is 23.2 Å². The summed E-state index contributed by atoms with van der Waals surface area (Å²) in [5, 5.41) is 10.4. The molecule has 2 amide bonds. The van der Waals surface area contributed by atoms with Crippen molar-refractivity contribution in [2.45, 2.75) is 12.0 Å². The number of aromatic nitrogens is 3. The minimum Gasteiger partial charge on any atom is -0.369 e. The summed E-state index contributed by atoms with van der Waals surface area (Å²) in [6.45, 7) is 0.466. The molecule has 3 N–H and O–H groups in total. The van der Waals surface area contributed by atoms with Crippen LogP contribution in [0.2, 0.25) is 0 Å². The van der Waals surface area contributed by atoms with Crippen LogP contribution in [0.5, 0.6) is 0 Å². The number of hydrogen-bond acceptors (Lipinski definition) is 5. The molecule has 0 aliphatic carbocycles. The number of nitrogens with zero attached hydrogens (tertiary/aromatic N) is 4. The van der Waals surface area contributed by atoms with Gasteiger partial charge in [0, 0.05) is 43.5 Å². The lowest BCUT2D eigenvalue weighted by molar-refractivity contribution is -0.137. The molecule has 0 saturated carbocycles. The van der Waals surface area contributed by atoms with Gasteiger partial charge in [-0.05, 0) is 12.1 Å². The lowest BCUT2D eigenvalue weighted by Crippen LogP contribution is -2.37. The van der Waals surface area contributed by atoms with E-state index in [2.05, 4.69) is 21.8 Å². The number of fused-ring (bicyclic) bond motifs is 1. The molecule has 1 aliphatic rings. The summed E-state index contributed by atoms with van der Waals surface area (Å²) in [5.41, 5.74) is 5.74. The summed E-state index contributed by atoms with van der Waals surface area (Å²) in [5.74, 6) is 5.06. The highest BCUT2D eigenvalue weighted by molar-refractivity contribution is 5.98. The van der Waals surface area contributed by atoms with Gasteiger partial charge in [0.2, 0.25) is 5.60 Å². The van der Waals surface area contributed by atoms with E-state index in [0.29, 0.717) is 29.0 Å². The van der Waals surface area contributed by atoms with Crippen LogP contribution in [-0.2, 0) is 4.79 Å². The van der Waals surface area contributed by atoms with Crippen LogP contribution in [0.25, 0.3) is 16.9 Å². The Hall–Kier alpha value is -3.70. The SMILES string of the molecule is CN1CC[C@@](O)(C#Cc2cccc(-c3nc(C(N)=O)c4cnccn34)c2)C1=O. The topological polar surface area (TPSA) is 114 Å². The second-order valence-electron chi connectivity index (χ2n) is 6.65. The Bertz CT molecular complexity index is 1170. The van der Waals surface area contributed by atoms with Gasteiger partial charge < -0.3 is 15.7 Å². The first-order valence-electron chi connectivity index (χ1n) is 8.62. The Morgan fingerprint density at radius 3 is 2.93 bits per heavy atom. The Kier molecular flexibility index (Phi) is 4.09. The first-order valence-corrected chi connectivity index (χ1v) is 8.62. The fourth-order valence-corrected chi connectivity index (χ4v) is 3.20. The number of benzene rings is 1. The predicted molar refractivity (Wildman–Crippen MR) is 101 cm³/mol. The van der Waals surface area contributed by atoms with Crippen LogP contribution >= 0.6 is 0 Å². The average molecular weight is 375 g/mol. The van der Waals surface area contributed by atoms with Gasteiger partial charge >= 0.3 is 0 Å². The predicted octanol–water partition coefficient (Wildman–Crippen LogP) is 0.440. The molecule has 8 nitrogen and oxygen atoms in total. The second kappa shape index (κ2) is 6.48. The molecule has 0 radical (unpaired) electrons. The van der Waals surface area contributed by atoms with E-state index in [1.807, 2.05) is 6.07 Å². The summed E-state index contributed by atoms with van der Waals surface area (Å²) in [4.78, 5) is 33.6. The Morgan fingerprint density at radius 1 is 1.39 bits per heavy atom. The molecule has 0 unspecified atom stereocenters. The molecule has 28 heavy (non-hydrogen) atoms. The third-order valence-corrected chi connectivity index (χ3v) is 4.72. The summed E-state index contributed by atoms with van der Waals surface area (Å²) in [6.07, 6.45) is 5.08. The van der Waals surface area contributed by atoms with Crippen LogP contribution in [0.15, 0.2) is 42.9 Å². The number of primary amides is 1. The van der Waals surface area contributed by atoms with Crippen molar-refractivity contribution >= 4 is 17.3 Å². The van der Waals surface area contributed by atoms with Crippen molar-refractivity contribution in [2.75, 3.05) is 13.6 Å². The number of carbonyl (C=O) groups excluding carboxylic acids is 2. The van der Waals surface area contributed by atoms with Crippen molar-refractivity contribution in [3.05, 3.63) is 54.1 Å². The zero-order valence-corrected chi connectivity index (χ0v) is 15.1. The molecule has 8 heteroatoms. The number of rotatable bonds is 2. The molecule has 1 fully saturated rings. The van der Waals surface area contributed by atoms with Gasteiger partial charge in [-0.3, -0.25) is 19.0 Å². The smallest absolute Gasteiger partial charge is 0.269 e. The number of imidazole rings is 1. The van der Waals surface area contributed by atoms with Crippen LogP contribution in [0, 0.1) is 11.8 Å². The Balaban J connectivity index is 1.76. The molecule has 0 spiro atoms. The molecule has 4 rings (SSSR count). The van der Waals surface area contributed by atoms with Gasteiger partial charge in [0.05, 0.1) is 11.7 Å². The maximum atomic E-state index is 12.1. The monoisotopic (exact) mass is 375 g/mol. The van der Waals surface area contributed by atoms with Crippen LogP contribution < -0.4 is 5.73 Å². The Morgan fingerprint density at radius 2 is 2.21 bits per heavy atom. The minimum atomic E-state index is -1.66. The van der Waals surface area contributed by atoms with Crippen molar-refractivity contribution in [3.63, 3.8) is 0 Å². The van der Waals surface area contributed by atoms with Crippen LogP contribution in [-0.4, -0.2) is 55.4 Å². The molecule has 0 bridgehead atoms. The number of likely N-dealkylation sites (tertiary alicyclic amines) is 1. The van der Waals surface area contributed by atoms with E-state index in [0.717, 1.165) is 0 Å². The molecule has 1 aliphatic heterocycles. The molecule has 3 aromatic rings. The van der Waals surface area contributed by atoms with E-state index in [9.17, 15) is 14.7 Å². The summed E-state index contributed by atoms with van der Waals surface area (Å²) < 4.78 is 1.72. The normalized spacial score (nSPS) is 18.9. The highest BCUT2D eigenvalue weighted by Crippen LogP contribution is 2.24. The quantitative estimate of drug-likeness (QED) is 0.631. The van der Waals surface area contributed by atoms with Crippen molar-refractivity contribution in [1.29, 1.82) is 0 Å². The van der Waals surface area contributed by atoms with Crippen LogP contribution in [0.3, 0.4) is 0 Å². The fourth-order valence-electron chi connectivity index (χ4n) is 3.20. The third-order valence-electron chi connectivity index (χ3n) is 4.72. The highest BCUT2D eigenvalue weighted by atomic mass is 16.3. The van der Waals surface area contributed by atoms with Gasteiger partial charge in [-0.2, -0.15) is 0 Å². The van der Waals surface area contributed by atoms with E-state index in [-0.39, 0.29) is 12.1 Å². The van der Waals surface area contributed by atoms with Crippen LogP contribution in [0.1, 0.15) is 22.5 Å². The average Bonchev–Trinajstić information content (AvgIpc) is 3.21. The van der Waals surface area contributed by atoms with Crippen LogP contribution in [0.4, 0.5) is 0 Å². The highest BCUT2D eigenvalue weighted by Gasteiger charge is 2.42. The van der Waals surface area contributed by atoms with Crippen molar-refractivity contribution in [2.24, 2.45) is 5.73 Å². The van der Waals surface area contributed by atoms with E-state index in [1.165, 1.54) is 11.1 Å². The Labute approximate surface area is 160 Å². The van der Waals surface area contributed by atoms with Gasteiger partial charge in [-0.15, -0.1) is 0 Å². The van der Waals surface area contributed by atoms with E-state index in [1.54, 1.807) is 42.0 Å². The number of nitrogens with two attached hydrogens (primary N) is 1. The van der Waals surface area contributed by atoms with Crippen molar-refractivity contribution < 1.29 is 14.7 Å². The first kappa shape index (κ1) is 17.7. The molecule has 140 valence electrons. The lowest BCUT2D eigenvalue weighted by atomic mass is 10.0. The molecule has 3 heterocycles. The van der Waals surface area contributed by atoms with Gasteiger partial charge in [0.25, 0.3) is 11.8 Å². The van der Waals surface area contributed by atoms with E-state index < -0.39 is 17.4 Å². The number of likely N-dealkylation sites (N-methyl/N-ethyl adjacent to an activating group) is 1. The molecule has 1 aromatic carbocycles. The summed E-state index contributed by atoms with van der Waals surface area (Å²) in [6, 6.07) is 7.17. The van der Waals surface area contributed by atoms with Gasteiger partial charge in [0.15, 0.2) is 5.69 Å². The third kappa shape index (κ3) is 2.88. The van der Waals surface area contributed by atoms with Gasteiger partial charge in [0.1, 0.15) is 5.82 Å². The zero-order chi connectivity index (χ0) is 19.9. The minimum absolute atomic E-state index is 0.133. The molecule has 1 saturated heterocycles. The zero-order valence-electron chi connectivity index (χ0n) is 15.1. The second-order valence-corrected chi connectivity index (χ2v) is 6.65. The molecule has 2 aromatic heterocycles. The number of carbonyl (C=O) groups is 2. The first-order chi connectivity index (χ1) is 13.4. The number of hydrogen-bond donors (Lipinski definition) is 2. The summed E-state index contributed by atoms with van der Waals surface area (Å²) >= 11 is 0. The summed E-state index contributed by atoms with van der Waals surface area (Å²) in [7, 11) is 1.64. The molecular formula is C20H17N5O3. The molecular weight excluding hydrogens is 358 g/mol. The van der Waals surface area contributed by atoms with Gasteiger partial charge in [-0.1, -0.05) is 24.0 Å². The van der Waals surface area contributed by atoms with Crippen molar-refractivity contribution in [1.82, 2.24) is 19.3 Å². The maximum Gasteiger partial charge on any atom is 0.269 e. The largest absolute Gasteiger partial charge is 0.369 e.